The van der Waals surface area contributed by atoms with Crippen molar-refractivity contribution in [1.29, 1.82) is 0 Å². The first kappa shape index (κ1) is 18.7. The lowest BCUT2D eigenvalue weighted by molar-refractivity contribution is -0.141. The van der Waals surface area contributed by atoms with Crippen molar-refractivity contribution in [2.24, 2.45) is 0 Å². The van der Waals surface area contributed by atoms with Crippen LogP contribution in [0.3, 0.4) is 0 Å². The number of nitrogens with one attached hydrogen (secondary N) is 1. The van der Waals surface area contributed by atoms with E-state index in [1.165, 1.54) is 30.4 Å². The molecule has 0 fully saturated rings. The number of hydrogen-bond acceptors (Lipinski definition) is 7. The van der Waals surface area contributed by atoms with Gasteiger partial charge in [-0.1, -0.05) is 25.1 Å². The molecule has 0 aliphatic carbocycles. The molecule has 2 heterocycles. The molecule has 27 heavy (non-hydrogen) atoms. The Kier molecular flexibility index (Phi) is 5.60. The highest BCUT2D eigenvalue weighted by molar-refractivity contribution is 5.87. The molecule has 0 saturated carbocycles. The summed E-state index contributed by atoms with van der Waals surface area (Å²) < 4.78 is 20.1. The van der Waals surface area contributed by atoms with Gasteiger partial charge in [0.15, 0.2) is 5.65 Å². The maximum atomic E-state index is 14.0. The monoisotopic (exact) mass is 373 g/mol. The number of carbonyl (C=O) groups is 1. The van der Waals surface area contributed by atoms with Gasteiger partial charge in [-0.15, -0.1) is 0 Å². The number of aliphatic hydroxyl groups excluding tert-OH is 1. The maximum Gasteiger partial charge on any atom is 0.327 e. The predicted octanol–water partition coefficient (Wildman–Crippen LogP) is 2.06. The first-order valence-corrected chi connectivity index (χ1v) is 8.47. The number of benzene rings is 1. The highest BCUT2D eigenvalue weighted by Gasteiger charge is 2.23. The molecule has 142 valence electrons. The number of aromatic nitrogens is 4. The molecule has 0 saturated heterocycles. The van der Waals surface area contributed by atoms with Gasteiger partial charge in [0.1, 0.15) is 30.6 Å². The molecule has 8 nitrogen and oxygen atoms in total. The minimum Gasteiger partial charge on any atom is -0.468 e. The predicted molar refractivity (Wildman–Crippen MR) is 96.4 cm³/mol. The number of nitrogens with zero attached hydrogens (tertiary/aromatic N) is 4. The molecule has 9 heteroatoms. The summed E-state index contributed by atoms with van der Waals surface area (Å²) >= 11 is 0. The third-order valence-electron chi connectivity index (χ3n) is 4.31. The molecule has 3 aromatic rings. The number of fused-ring (bicyclic) bond motifs is 1. The Morgan fingerprint density at radius 2 is 2.15 bits per heavy atom. The quantitative estimate of drug-likeness (QED) is 0.611. The van der Waals surface area contributed by atoms with Crippen LogP contribution < -0.4 is 5.32 Å². The molecule has 0 aliphatic rings. The third kappa shape index (κ3) is 3.87. The van der Waals surface area contributed by atoms with Gasteiger partial charge in [-0.25, -0.2) is 19.0 Å². The van der Waals surface area contributed by atoms with Gasteiger partial charge in [-0.2, -0.15) is 5.10 Å². The molecule has 0 radical (unpaired) electrons. The van der Waals surface area contributed by atoms with Crippen molar-refractivity contribution in [2.45, 2.75) is 32.0 Å². The van der Waals surface area contributed by atoms with Crippen molar-refractivity contribution in [3.05, 3.63) is 48.2 Å². The van der Waals surface area contributed by atoms with Crippen LogP contribution in [-0.2, 0) is 16.1 Å². The zero-order valence-corrected chi connectivity index (χ0v) is 15.0. The van der Waals surface area contributed by atoms with Crippen LogP contribution in [0.15, 0.2) is 36.8 Å². The van der Waals surface area contributed by atoms with Crippen LogP contribution in [0.5, 0.6) is 0 Å². The van der Waals surface area contributed by atoms with Crippen molar-refractivity contribution in [1.82, 2.24) is 19.7 Å². The molecule has 0 amide bonds. The summed E-state index contributed by atoms with van der Waals surface area (Å²) in [4.78, 5) is 19.9. The lowest BCUT2D eigenvalue weighted by Gasteiger charge is -2.24. The summed E-state index contributed by atoms with van der Waals surface area (Å²) in [6.45, 7) is 1.80. The largest absolute Gasteiger partial charge is 0.468 e. The van der Waals surface area contributed by atoms with E-state index in [0.29, 0.717) is 23.3 Å². The summed E-state index contributed by atoms with van der Waals surface area (Å²) in [6, 6.07) is 5.63. The third-order valence-corrected chi connectivity index (χ3v) is 4.31. The second-order valence-corrected chi connectivity index (χ2v) is 5.96. The minimum absolute atomic E-state index is 0.0779. The number of aliphatic hydroxyl groups is 1. The highest BCUT2D eigenvalue weighted by Crippen LogP contribution is 2.26. The first-order chi connectivity index (χ1) is 13.0. The number of halogens is 1. The zero-order valence-electron chi connectivity index (χ0n) is 15.0. The Hall–Kier alpha value is -3.07. The topological polar surface area (TPSA) is 102 Å². The summed E-state index contributed by atoms with van der Waals surface area (Å²) in [5.41, 5.74) is 0.664. The number of rotatable bonds is 7. The average Bonchev–Trinajstić information content (AvgIpc) is 3.09. The first-order valence-electron chi connectivity index (χ1n) is 8.47. The molecule has 2 N–H and O–H groups in total. The summed E-state index contributed by atoms with van der Waals surface area (Å²) in [7, 11) is 1.30. The van der Waals surface area contributed by atoms with Gasteiger partial charge in [0.05, 0.1) is 24.7 Å². The van der Waals surface area contributed by atoms with Gasteiger partial charge in [0, 0.05) is 5.56 Å². The van der Waals surface area contributed by atoms with Gasteiger partial charge < -0.3 is 15.2 Å². The standard InChI is InChI=1S/C18H20FN5O3/c1-3-14(16(26)11-6-4-5-7-13(11)19)23-17-12-8-22-24(9-15(25)27-2)18(12)21-10-20-17/h4-8,10,14,16,26H,3,9H2,1-2H3,(H,20,21,23)/t14-,16-/m1/s1. The lowest BCUT2D eigenvalue weighted by Crippen LogP contribution is -2.28. The van der Waals surface area contributed by atoms with Crippen LogP contribution in [-0.4, -0.2) is 44.0 Å². The number of methoxy groups -OCH3 is 1. The van der Waals surface area contributed by atoms with Crippen LogP contribution in [0.25, 0.3) is 11.0 Å². The smallest absolute Gasteiger partial charge is 0.327 e. The normalized spacial score (nSPS) is 13.3. The lowest BCUT2D eigenvalue weighted by atomic mass is 9.99. The van der Waals surface area contributed by atoms with Crippen molar-refractivity contribution in [3.63, 3.8) is 0 Å². The van der Waals surface area contributed by atoms with E-state index in [2.05, 4.69) is 25.1 Å². The minimum atomic E-state index is -1.06. The zero-order chi connectivity index (χ0) is 19.4. The van der Waals surface area contributed by atoms with E-state index in [0.717, 1.165) is 0 Å². The average molecular weight is 373 g/mol. The van der Waals surface area contributed by atoms with E-state index in [4.69, 9.17) is 0 Å². The van der Waals surface area contributed by atoms with E-state index in [-0.39, 0.29) is 12.1 Å². The molecule has 3 rings (SSSR count). The van der Waals surface area contributed by atoms with Crippen LogP contribution in [0, 0.1) is 5.82 Å². The summed E-state index contributed by atoms with van der Waals surface area (Å²) in [5.74, 6) is -0.475. The van der Waals surface area contributed by atoms with Gasteiger partial charge in [-0.3, -0.25) is 4.79 Å². The van der Waals surface area contributed by atoms with Crippen LogP contribution >= 0.6 is 0 Å². The van der Waals surface area contributed by atoms with Crippen LogP contribution in [0.2, 0.25) is 0 Å². The maximum absolute atomic E-state index is 14.0. The Morgan fingerprint density at radius 1 is 1.37 bits per heavy atom. The van der Waals surface area contributed by atoms with Crippen molar-refractivity contribution >= 4 is 22.8 Å². The number of carbonyl (C=O) groups excluding carboxylic acids is 1. The van der Waals surface area contributed by atoms with E-state index in [1.54, 1.807) is 18.2 Å². The van der Waals surface area contributed by atoms with Crippen molar-refractivity contribution in [2.75, 3.05) is 12.4 Å². The SMILES string of the molecule is CC[C@@H](Nc1ncnc2c1cnn2CC(=O)OC)[C@H](O)c1ccccc1F. The van der Waals surface area contributed by atoms with E-state index < -0.39 is 23.9 Å². The summed E-state index contributed by atoms with van der Waals surface area (Å²) in [5, 5.41) is 18.5. The number of ether oxygens (including phenoxy) is 1. The molecule has 0 spiro atoms. The Morgan fingerprint density at radius 3 is 2.85 bits per heavy atom. The van der Waals surface area contributed by atoms with Crippen LogP contribution in [0.4, 0.5) is 10.2 Å². The fourth-order valence-electron chi connectivity index (χ4n) is 2.82. The number of hydrogen-bond donors (Lipinski definition) is 2. The van der Waals surface area contributed by atoms with Crippen molar-refractivity contribution in [3.8, 4) is 0 Å². The molecule has 0 aliphatic heterocycles. The fourth-order valence-corrected chi connectivity index (χ4v) is 2.82. The van der Waals surface area contributed by atoms with E-state index >= 15 is 0 Å². The fraction of sp³-hybridized carbons (Fsp3) is 0.333. The molecule has 2 aromatic heterocycles. The molecule has 0 unspecified atom stereocenters. The van der Waals surface area contributed by atoms with Gasteiger partial charge >= 0.3 is 5.97 Å². The number of anilines is 1. The van der Waals surface area contributed by atoms with Gasteiger partial charge in [-0.05, 0) is 12.5 Å². The van der Waals surface area contributed by atoms with E-state index in [9.17, 15) is 14.3 Å². The second kappa shape index (κ2) is 8.09. The van der Waals surface area contributed by atoms with E-state index in [1.807, 2.05) is 6.92 Å². The number of esters is 1. The van der Waals surface area contributed by atoms with Crippen LogP contribution in [0.1, 0.15) is 25.0 Å². The molecular weight excluding hydrogens is 353 g/mol. The summed E-state index contributed by atoms with van der Waals surface area (Å²) in [6.07, 6.45) is 2.33. The van der Waals surface area contributed by atoms with Gasteiger partial charge in [0.25, 0.3) is 0 Å². The van der Waals surface area contributed by atoms with Gasteiger partial charge in [0.2, 0.25) is 0 Å². The Bertz CT molecular complexity index is 946. The Balaban J connectivity index is 1.88. The van der Waals surface area contributed by atoms with Crippen molar-refractivity contribution < 1.29 is 19.0 Å². The molecule has 2 atom stereocenters. The molecule has 0 bridgehead atoms. The molecule has 1 aromatic carbocycles. The Labute approximate surface area is 155 Å². The second-order valence-electron chi connectivity index (χ2n) is 5.96. The highest BCUT2D eigenvalue weighted by atomic mass is 19.1. The molecular formula is C18H20FN5O3.